The fourth-order valence-electron chi connectivity index (χ4n) is 0.136. The summed E-state index contributed by atoms with van der Waals surface area (Å²) in [5, 5.41) is 0. The predicted octanol–water partition coefficient (Wildman–Crippen LogP) is 2.19. The first-order chi connectivity index (χ1) is 3.41. The van der Waals surface area contributed by atoms with Gasteiger partial charge in [0.1, 0.15) is 0 Å². The van der Waals surface area contributed by atoms with Crippen molar-refractivity contribution < 1.29 is 4.74 Å². The molecule has 0 rings (SSSR count). The monoisotopic (exact) mass is 102 g/mol. The Morgan fingerprint density at radius 1 is 1.29 bits per heavy atom. The zero-order chi connectivity index (χ0) is 6.12. The molecular formula is C6H14O. The molecule has 0 bridgehead atoms. The molecule has 0 atom stereocenters. The van der Waals surface area contributed by atoms with Crippen molar-refractivity contribution >= 4 is 0 Å². The Bertz CT molecular complexity index is 31.2. The molecule has 0 amide bonds. The van der Waals surface area contributed by atoms with Gasteiger partial charge in [-0.15, -0.1) is 0 Å². The van der Waals surface area contributed by atoms with E-state index in [1.54, 1.807) is 13.4 Å². The molecule has 1 nitrogen and oxygen atoms in total. The summed E-state index contributed by atoms with van der Waals surface area (Å²) in [4.78, 5) is 0. The van der Waals surface area contributed by atoms with Crippen molar-refractivity contribution in [1.29, 1.82) is 0 Å². The summed E-state index contributed by atoms with van der Waals surface area (Å²) in [6.45, 7) is 5.91. The highest BCUT2D eigenvalue weighted by atomic mass is 16.5. The van der Waals surface area contributed by atoms with Crippen molar-refractivity contribution in [1.82, 2.24) is 0 Å². The Hall–Kier alpha value is -0.460. The van der Waals surface area contributed by atoms with Crippen molar-refractivity contribution in [2.24, 2.45) is 0 Å². The van der Waals surface area contributed by atoms with Gasteiger partial charge in [-0.05, 0) is 6.92 Å². The van der Waals surface area contributed by atoms with E-state index in [4.69, 9.17) is 0 Å². The minimum absolute atomic E-state index is 1.62. The Balaban J connectivity index is 0. The molecular weight excluding hydrogens is 88.1 g/mol. The number of allylic oxidation sites excluding steroid dienone is 1. The highest BCUT2D eigenvalue weighted by molar-refractivity contribution is 4.63. The molecule has 0 aliphatic rings. The second-order valence-corrected chi connectivity index (χ2v) is 0.705. The SMILES string of the molecule is C/C=C\OC.CC. The molecule has 0 radical (unpaired) electrons. The molecule has 0 unspecified atom stereocenters. The number of rotatable bonds is 1. The average molecular weight is 102 g/mol. The van der Waals surface area contributed by atoms with Gasteiger partial charge in [-0.1, -0.05) is 19.9 Å². The zero-order valence-corrected chi connectivity index (χ0v) is 5.56. The lowest BCUT2D eigenvalue weighted by atomic mass is 10.7. The molecule has 0 spiro atoms. The number of ether oxygens (including phenoxy) is 1. The largest absolute Gasteiger partial charge is 0.505 e. The van der Waals surface area contributed by atoms with Gasteiger partial charge in [0.25, 0.3) is 0 Å². The van der Waals surface area contributed by atoms with Crippen LogP contribution in [0, 0.1) is 0 Å². The van der Waals surface area contributed by atoms with Gasteiger partial charge in [0, 0.05) is 0 Å². The maximum absolute atomic E-state index is 4.51. The van der Waals surface area contributed by atoms with E-state index in [9.17, 15) is 0 Å². The van der Waals surface area contributed by atoms with Gasteiger partial charge in [-0.3, -0.25) is 0 Å². The van der Waals surface area contributed by atoms with Gasteiger partial charge in [0.2, 0.25) is 0 Å². The lowest BCUT2D eigenvalue weighted by molar-refractivity contribution is 0.337. The highest BCUT2D eigenvalue weighted by Gasteiger charge is 1.47. The number of methoxy groups -OCH3 is 1. The Morgan fingerprint density at radius 2 is 1.71 bits per heavy atom. The summed E-state index contributed by atoms with van der Waals surface area (Å²) in [6.07, 6.45) is 3.46. The molecule has 0 fully saturated rings. The van der Waals surface area contributed by atoms with E-state index in [1.165, 1.54) is 0 Å². The van der Waals surface area contributed by atoms with Crippen molar-refractivity contribution in [3.63, 3.8) is 0 Å². The van der Waals surface area contributed by atoms with Crippen LogP contribution in [-0.2, 0) is 4.74 Å². The first kappa shape index (κ1) is 9.74. The van der Waals surface area contributed by atoms with E-state index in [0.717, 1.165) is 0 Å². The van der Waals surface area contributed by atoms with E-state index in [0.29, 0.717) is 0 Å². The van der Waals surface area contributed by atoms with Crippen LogP contribution in [0.1, 0.15) is 20.8 Å². The van der Waals surface area contributed by atoms with Crippen molar-refractivity contribution in [3.05, 3.63) is 12.3 Å². The second kappa shape index (κ2) is 17.7. The van der Waals surface area contributed by atoms with Crippen LogP contribution < -0.4 is 0 Å². The van der Waals surface area contributed by atoms with Gasteiger partial charge in [0.15, 0.2) is 0 Å². The molecule has 0 heterocycles. The molecule has 7 heavy (non-hydrogen) atoms. The Labute approximate surface area is 46.0 Å². The van der Waals surface area contributed by atoms with E-state index in [2.05, 4.69) is 4.74 Å². The summed E-state index contributed by atoms with van der Waals surface area (Å²) < 4.78 is 4.51. The molecule has 0 aliphatic heterocycles. The number of hydrogen-bond donors (Lipinski definition) is 0. The van der Waals surface area contributed by atoms with E-state index < -0.39 is 0 Å². The number of hydrogen-bond acceptors (Lipinski definition) is 1. The van der Waals surface area contributed by atoms with Gasteiger partial charge in [-0.25, -0.2) is 0 Å². The third-order valence-corrected chi connectivity index (χ3v) is 0.272. The fourth-order valence-corrected chi connectivity index (χ4v) is 0.136. The normalized spacial score (nSPS) is 7.43. The molecule has 1 heteroatoms. The van der Waals surface area contributed by atoms with Crippen LogP contribution >= 0.6 is 0 Å². The summed E-state index contributed by atoms with van der Waals surface area (Å²) in [5.74, 6) is 0. The zero-order valence-electron chi connectivity index (χ0n) is 5.56. The van der Waals surface area contributed by atoms with Crippen molar-refractivity contribution in [2.75, 3.05) is 7.11 Å². The third-order valence-electron chi connectivity index (χ3n) is 0.272. The van der Waals surface area contributed by atoms with Crippen LogP contribution in [-0.4, -0.2) is 7.11 Å². The molecule has 0 aromatic rings. The van der Waals surface area contributed by atoms with E-state index >= 15 is 0 Å². The summed E-state index contributed by atoms with van der Waals surface area (Å²) in [6, 6.07) is 0. The molecule has 0 N–H and O–H groups in total. The standard InChI is InChI=1S/C4H8O.C2H6/c1-3-4-5-2;1-2/h3-4H,1-2H3;1-2H3/b4-3-;. The van der Waals surface area contributed by atoms with Gasteiger partial charge in [0.05, 0.1) is 13.4 Å². The summed E-state index contributed by atoms with van der Waals surface area (Å²) in [7, 11) is 1.62. The predicted molar refractivity (Wildman–Crippen MR) is 33.2 cm³/mol. The van der Waals surface area contributed by atoms with Crippen molar-refractivity contribution in [2.45, 2.75) is 20.8 Å². The maximum atomic E-state index is 4.51. The Morgan fingerprint density at radius 3 is 1.71 bits per heavy atom. The topological polar surface area (TPSA) is 9.23 Å². The second-order valence-electron chi connectivity index (χ2n) is 0.705. The first-order valence-electron chi connectivity index (χ1n) is 2.55. The fraction of sp³-hybridized carbons (Fsp3) is 0.667. The average Bonchev–Trinajstić information content (AvgIpc) is 1.75. The van der Waals surface area contributed by atoms with E-state index in [1.807, 2.05) is 26.8 Å². The van der Waals surface area contributed by atoms with Crippen LogP contribution in [0.15, 0.2) is 12.3 Å². The van der Waals surface area contributed by atoms with Crippen LogP contribution in [0.4, 0.5) is 0 Å². The summed E-state index contributed by atoms with van der Waals surface area (Å²) >= 11 is 0. The van der Waals surface area contributed by atoms with Gasteiger partial charge in [-0.2, -0.15) is 0 Å². The minimum Gasteiger partial charge on any atom is -0.505 e. The highest BCUT2D eigenvalue weighted by Crippen LogP contribution is 1.64. The Kier molecular flexibility index (Phi) is 24.6. The van der Waals surface area contributed by atoms with Crippen molar-refractivity contribution in [3.8, 4) is 0 Å². The molecule has 0 aromatic heterocycles. The molecule has 44 valence electrons. The molecule has 0 aliphatic carbocycles. The third kappa shape index (κ3) is 29.3. The quantitative estimate of drug-likeness (QED) is 0.461. The van der Waals surface area contributed by atoms with Gasteiger partial charge < -0.3 is 4.74 Å². The maximum Gasteiger partial charge on any atom is 0.0781 e. The smallest absolute Gasteiger partial charge is 0.0781 e. The minimum atomic E-state index is 1.62. The lowest BCUT2D eigenvalue weighted by Crippen LogP contribution is -1.57. The summed E-state index contributed by atoms with van der Waals surface area (Å²) in [5.41, 5.74) is 0. The molecule has 0 saturated carbocycles. The van der Waals surface area contributed by atoms with Crippen LogP contribution in [0.25, 0.3) is 0 Å². The molecule has 0 aromatic carbocycles. The lowest BCUT2D eigenvalue weighted by Gasteiger charge is -1.76. The molecule has 0 saturated heterocycles. The van der Waals surface area contributed by atoms with Gasteiger partial charge >= 0.3 is 0 Å². The van der Waals surface area contributed by atoms with Crippen LogP contribution in [0.5, 0.6) is 0 Å². The van der Waals surface area contributed by atoms with E-state index in [-0.39, 0.29) is 0 Å². The van der Waals surface area contributed by atoms with Crippen LogP contribution in [0.2, 0.25) is 0 Å². The van der Waals surface area contributed by atoms with Crippen LogP contribution in [0.3, 0.4) is 0 Å². The first-order valence-corrected chi connectivity index (χ1v) is 2.55.